The molecule has 2 rings (SSSR count). The minimum absolute atomic E-state index is 0.00647. The molecule has 2 aromatic rings. The molecule has 0 saturated heterocycles. The van der Waals surface area contributed by atoms with Crippen molar-refractivity contribution in [3.63, 3.8) is 0 Å². The van der Waals surface area contributed by atoms with Gasteiger partial charge < -0.3 is 23.6 Å². The van der Waals surface area contributed by atoms with Crippen LogP contribution in [0.1, 0.15) is 11.5 Å². The Bertz CT molecular complexity index is 471. The van der Waals surface area contributed by atoms with Crippen LogP contribution in [0.25, 0.3) is 0 Å². The van der Waals surface area contributed by atoms with E-state index in [0.717, 1.165) is 0 Å². The van der Waals surface area contributed by atoms with Crippen molar-refractivity contribution in [2.45, 2.75) is 6.10 Å². The molecule has 2 heterocycles. The Hall–Kier alpha value is -2.54. The highest BCUT2D eigenvalue weighted by Crippen LogP contribution is 1.97. The van der Waals surface area contributed by atoms with Gasteiger partial charge in [0.05, 0.1) is 12.5 Å². The summed E-state index contributed by atoms with van der Waals surface area (Å²) in [4.78, 5) is 9.76. The Morgan fingerprint density at radius 2 is 1.50 bits per heavy atom. The summed E-state index contributed by atoms with van der Waals surface area (Å²) in [5.41, 5.74) is 0. The fourth-order valence-electron chi connectivity index (χ4n) is 1.21. The average Bonchev–Trinajstić information content (AvgIpc) is 3.13. The molecule has 0 spiro atoms. The Balaban J connectivity index is 1.57. The van der Waals surface area contributed by atoms with Crippen LogP contribution in [0.15, 0.2) is 55.9 Å². The molecule has 20 heavy (non-hydrogen) atoms. The van der Waals surface area contributed by atoms with Crippen molar-refractivity contribution in [2.75, 3.05) is 13.2 Å². The highest BCUT2D eigenvalue weighted by molar-refractivity contribution is 5.75. The van der Waals surface area contributed by atoms with Crippen LogP contribution in [-0.4, -0.2) is 36.9 Å². The Kier molecular flexibility index (Phi) is 5.41. The van der Waals surface area contributed by atoms with E-state index in [2.05, 4.69) is 10.3 Å². The predicted molar refractivity (Wildman–Crippen MR) is 70.5 cm³/mol. The zero-order valence-electron chi connectivity index (χ0n) is 10.6. The monoisotopic (exact) mass is 278 g/mol. The Morgan fingerprint density at radius 3 is 1.90 bits per heavy atom. The molecule has 106 valence electrons. The van der Waals surface area contributed by atoms with Crippen LogP contribution < -0.4 is 0 Å². The van der Waals surface area contributed by atoms with E-state index in [9.17, 15) is 5.11 Å². The van der Waals surface area contributed by atoms with E-state index in [1.54, 1.807) is 24.3 Å². The van der Waals surface area contributed by atoms with E-state index in [4.69, 9.17) is 18.5 Å². The largest absolute Gasteiger partial charge is 0.463 e. The van der Waals surface area contributed by atoms with Gasteiger partial charge in [-0.25, -0.2) is 0 Å². The highest BCUT2D eigenvalue weighted by Gasteiger charge is 2.04. The van der Waals surface area contributed by atoms with Crippen LogP contribution in [0.4, 0.5) is 0 Å². The first kappa shape index (κ1) is 13.9. The fraction of sp³-hybridized carbons (Fsp3) is 0.231. The van der Waals surface area contributed by atoms with E-state index >= 15 is 0 Å². The quantitative estimate of drug-likeness (QED) is 0.585. The van der Waals surface area contributed by atoms with Crippen LogP contribution in [0.5, 0.6) is 0 Å². The molecule has 0 aliphatic heterocycles. The zero-order valence-corrected chi connectivity index (χ0v) is 10.6. The summed E-state index contributed by atoms with van der Waals surface area (Å²) in [6.07, 6.45) is 5.03. The molecule has 0 bridgehead atoms. The van der Waals surface area contributed by atoms with E-state index < -0.39 is 6.10 Å². The van der Waals surface area contributed by atoms with Gasteiger partial charge >= 0.3 is 0 Å². The molecule has 0 amide bonds. The van der Waals surface area contributed by atoms with Gasteiger partial charge in [0.15, 0.2) is 0 Å². The minimum atomic E-state index is -0.836. The maximum absolute atomic E-state index is 9.52. The summed E-state index contributed by atoms with van der Waals surface area (Å²) in [7, 11) is 0. The van der Waals surface area contributed by atoms with Gasteiger partial charge in [0.25, 0.3) is 0 Å². The summed E-state index contributed by atoms with van der Waals surface area (Å²) in [5, 5.41) is 16.8. The lowest BCUT2D eigenvalue weighted by molar-refractivity contribution is -0.0157. The standard InChI is InChI=1S/C13H14N2O5/c16-11(9-19-14-7-12-3-1-5-17-12)10-20-15-8-13-4-2-6-18-13/h1-8,11,16H,9-10H2/b14-7+,15-8+. The third-order valence-corrected chi connectivity index (χ3v) is 2.13. The van der Waals surface area contributed by atoms with Gasteiger partial charge in [-0.15, -0.1) is 0 Å². The first-order chi connectivity index (χ1) is 9.84. The van der Waals surface area contributed by atoms with Crippen LogP contribution in [-0.2, 0) is 9.68 Å². The van der Waals surface area contributed by atoms with Gasteiger partial charge in [-0.05, 0) is 24.3 Å². The molecule has 0 fully saturated rings. The van der Waals surface area contributed by atoms with E-state index in [1.165, 1.54) is 25.0 Å². The SMILES string of the molecule is OC(CO/N=C/c1ccco1)CO/N=C/c1ccco1. The predicted octanol–water partition coefficient (Wildman–Crippen LogP) is 1.63. The number of rotatable bonds is 8. The summed E-state index contributed by atoms with van der Waals surface area (Å²) >= 11 is 0. The lowest BCUT2D eigenvalue weighted by Crippen LogP contribution is -2.19. The van der Waals surface area contributed by atoms with Crippen LogP contribution in [0.3, 0.4) is 0 Å². The smallest absolute Gasteiger partial charge is 0.148 e. The second-order valence-corrected chi connectivity index (χ2v) is 3.75. The molecule has 0 aromatic carbocycles. The van der Waals surface area contributed by atoms with Gasteiger partial charge in [0.1, 0.15) is 43.3 Å². The van der Waals surface area contributed by atoms with E-state index in [1.807, 2.05) is 0 Å². The fourth-order valence-corrected chi connectivity index (χ4v) is 1.21. The number of hydrogen-bond donors (Lipinski definition) is 1. The molecule has 0 aliphatic rings. The van der Waals surface area contributed by atoms with Crippen molar-refractivity contribution >= 4 is 12.4 Å². The van der Waals surface area contributed by atoms with E-state index in [0.29, 0.717) is 11.5 Å². The molecule has 0 unspecified atom stereocenters. The van der Waals surface area contributed by atoms with Crippen molar-refractivity contribution in [2.24, 2.45) is 10.3 Å². The Labute approximate surface area is 115 Å². The summed E-state index contributed by atoms with van der Waals surface area (Å²) in [6, 6.07) is 6.94. The maximum Gasteiger partial charge on any atom is 0.148 e. The van der Waals surface area contributed by atoms with Crippen molar-refractivity contribution < 1.29 is 23.6 Å². The first-order valence-corrected chi connectivity index (χ1v) is 5.90. The normalized spacial score (nSPS) is 11.7. The maximum atomic E-state index is 9.52. The molecule has 1 N–H and O–H groups in total. The lowest BCUT2D eigenvalue weighted by Gasteiger charge is -2.06. The topological polar surface area (TPSA) is 89.7 Å². The molecule has 7 heteroatoms. The van der Waals surface area contributed by atoms with Gasteiger partial charge in [0.2, 0.25) is 0 Å². The zero-order chi connectivity index (χ0) is 14.0. The Morgan fingerprint density at radius 1 is 1.00 bits per heavy atom. The molecule has 7 nitrogen and oxygen atoms in total. The van der Waals surface area contributed by atoms with E-state index in [-0.39, 0.29) is 13.2 Å². The third-order valence-electron chi connectivity index (χ3n) is 2.13. The van der Waals surface area contributed by atoms with Crippen molar-refractivity contribution in [3.05, 3.63) is 48.3 Å². The number of aliphatic hydroxyl groups is 1. The average molecular weight is 278 g/mol. The highest BCUT2D eigenvalue weighted by atomic mass is 16.7. The van der Waals surface area contributed by atoms with Gasteiger partial charge in [-0.3, -0.25) is 0 Å². The number of aliphatic hydroxyl groups excluding tert-OH is 1. The molecule has 0 aliphatic carbocycles. The molecule has 0 saturated carbocycles. The van der Waals surface area contributed by atoms with Crippen LogP contribution in [0.2, 0.25) is 0 Å². The number of furan rings is 2. The number of nitrogens with zero attached hydrogens (tertiary/aromatic N) is 2. The number of oxime groups is 2. The molecular formula is C13H14N2O5. The molecule has 0 radical (unpaired) electrons. The molecule has 2 aromatic heterocycles. The number of hydrogen-bond acceptors (Lipinski definition) is 7. The first-order valence-electron chi connectivity index (χ1n) is 5.90. The van der Waals surface area contributed by atoms with Gasteiger partial charge in [0, 0.05) is 0 Å². The molecular weight excluding hydrogens is 264 g/mol. The summed E-state index contributed by atoms with van der Waals surface area (Å²) in [6.45, 7) is -0.0129. The minimum Gasteiger partial charge on any atom is -0.463 e. The second-order valence-electron chi connectivity index (χ2n) is 3.75. The van der Waals surface area contributed by atoms with Crippen molar-refractivity contribution in [3.8, 4) is 0 Å². The van der Waals surface area contributed by atoms with Gasteiger partial charge in [-0.2, -0.15) is 0 Å². The van der Waals surface area contributed by atoms with Crippen molar-refractivity contribution in [1.82, 2.24) is 0 Å². The third kappa shape index (κ3) is 4.99. The van der Waals surface area contributed by atoms with Crippen molar-refractivity contribution in [1.29, 1.82) is 0 Å². The van der Waals surface area contributed by atoms with Crippen LogP contribution in [0, 0.1) is 0 Å². The second kappa shape index (κ2) is 7.80. The lowest BCUT2D eigenvalue weighted by atomic mass is 10.4. The van der Waals surface area contributed by atoms with Crippen LogP contribution >= 0.6 is 0 Å². The summed E-state index contributed by atoms with van der Waals surface area (Å²) in [5.74, 6) is 1.14. The van der Waals surface area contributed by atoms with Gasteiger partial charge in [-0.1, -0.05) is 10.3 Å². The summed E-state index contributed by atoms with van der Waals surface area (Å²) < 4.78 is 10.0. The molecule has 0 atom stereocenters.